The molecular formula is C20H23NO6S. The van der Waals surface area contributed by atoms with Crippen molar-refractivity contribution in [2.45, 2.75) is 17.9 Å². The molecule has 0 aliphatic rings. The van der Waals surface area contributed by atoms with Crippen LogP contribution in [0.25, 0.3) is 0 Å². The monoisotopic (exact) mass is 405 g/mol. The molecule has 1 N–H and O–H groups in total. The third-order valence-electron chi connectivity index (χ3n) is 4.03. The van der Waals surface area contributed by atoms with Crippen molar-refractivity contribution in [3.63, 3.8) is 0 Å². The van der Waals surface area contributed by atoms with Crippen molar-refractivity contribution in [2.75, 3.05) is 27.1 Å². The van der Waals surface area contributed by atoms with Crippen LogP contribution in [0.15, 0.2) is 47.4 Å². The Hall–Kier alpha value is -2.87. The molecule has 0 saturated heterocycles. The average molecular weight is 405 g/mol. The Morgan fingerprint density at radius 3 is 2.46 bits per heavy atom. The lowest BCUT2D eigenvalue weighted by atomic mass is 10.1. The summed E-state index contributed by atoms with van der Waals surface area (Å²) in [6.07, 6.45) is 1.47. The highest BCUT2D eigenvalue weighted by atomic mass is 32.2. The third-order valence-corrected chi connectivity index (χ3v) is 5.01. The highest BCUT2D eigenvalue weighted by molar-refractivity contribution is 7.84. The van der Waals surface area contributed by atoms with E-state index in [2.05, 4.69) is 5.32 Å². The number of esters is 1. The number of hydrogen-bond donors (Lipinski definition) is 1. The van der Waals surface area contributed by atoms with Crippen molar-refractivity contribution in [2.24, 2.45) is 0 Å². The van der Waals surface area contributed by atoms with Gasteiger partial charge in [-0.05, 0) is 37.3 Å². The fourth-order valence-corrected chi connectivity index (χ4v) is 3.36. The van der Waals surface area contributed by atoms with Crippen molar-refractivity contribution in [1.29, 1.82) is 0 Å². The highest BCUT2D eigenvalue weighted by Crippen LogP contribution is 2.29. The normalized spacial score (nSPS) is 12.6. The van der Waals surface area contributed by atoms with Gasteiger partial charge in [-0.1, -0.05) is 12.1 Å². The van der Waals surface area contributed by atoms with E-state index < -0.39 is 35.3 Å². The van der Waals surface area contributed by atoms with E-state index in [0.717, 1.165) is 5.56 Å². The lowest BCUT2D eigenvalue weighted by Crippen LogP contribution is -2.31. The number of carbonyl (C=O) groups excluding carboxylic acids is 2. The van der Waals surface area contributed by atoms with Crippen LogP contribution in [0.2, 0.25) is 0 Å². The SMILES string of the molecule is COc1ccc(OC)c([C@H](C)NC(=O)COC(=O)c2ccccc2[S@](C)=O)c1. The fraction of sp³-hybridized carbons (Fsp3) is 0.300. The van der Waals surface area contributed by atoms with Crippen molar-refractivity contribution in [1.82, 2.24) is 5.32 Å². The molecule has 0 radical (unpaired) electrons. The molecule has 1 amide bonds. The number of carbonyl (C=O) groups is 2. The maximum atomic E-state index is 12.2. The Balaban J connectivity index is 2.01. The lowest BCUT2D eigenvalue weighted by Gasteiger charge is -2.18. The first kappa shape index (κ1) is 21.4. The summed E-state index contributed by atoms with van der Waals surface area (Å²) in [6.45, 7) is 1.33. The first-order chi connectivity index (χ1) is 13.4. The maximum absolute atomic E-state index is 12.2. The zero-order chi connectivity index (χ0) is 20.7. The van der Waals surface area contributed by atoms with E-state index in [0.29, 0.717) is 16.4 Å². The van der Waals surface area contributed by atoms with Gasteiger partial charge in [0.1, 0.15) is 11.5 Å². The van der Waals surface area contributed by atoms with E-state index in [-0.39, 0.29) is 5.56 Å². The summed E-state index contributed by atoms with van der Waals surface area (Å²) in [6, 6.07) is 11.3. The number of rotatable bonds is 8. The molecule has 0 aliphatic carbocycles. The van der Waals surface area contributed by atoms with Crippen LogP contribution in [0.5, 0.6) is 11.5 Å². The first-order valence-corrected chi connectivity index (χ1v) is 10.0. The van der Waals surface area contributed by atoms with Gasteiger partial charge in [-0.3, -0.25) is 9.00 Å². The van der Waals surface area contributed by atoms with E-state index in [1.54, 1.807) is 50.4 Å². The van der Waals surface area contributed by atoms with Crippen molar-refractivity contribution < 1.29 is 28.0 Å². The van der Waals surface area contributed by atoms with E-state index >= 15 is 0 Å². The van der Waals surface area contributed by atoms with Gasteiger partial charge in [0.05, 0.1) is 41.5 Å². The van der Waals surface area contributed by atoms with E-state index in [1.165, 1.54) is 19.4 Å². The molecule has 2 aromatic carbocycles. The molecule has 8 heteroatoms. The molecule has 0 spiro atoms. The number of amides is 1. The molecule has 0 aliphatic heterocycles. The summed E-state index contributed by atoms with van der Waals surface area (Å²) in [7, 11) is 1.75. The standard InChI is InChI=1S/C20H23NO6S/c1-13(16-11-14(25-2)9-10-17(16)26-3)21-19(22)12-27-20(23)15-7-5-6-8-18(15)28(4)24/h5-11,13H,12H2,1-4H3,(H,21,22)/t13-,28-/m0/s1. The maximum Gasteiger partial charge on any atom is 0.339 e. The highest BCUT2D eigenvalue weighted by Gasteiger charge is 2.18. The average Bonchev–Trinajstić information content (AvgIpc) is 2.71. The smallest absolute Gasteiger partial charge is 0.339 e. The van der Waals surface area contributed by atoms with Gasteiger partial charge in [0.15, 0.2) is 6.61 Å². The predicted molar refractivity (Wildman–Crippen MR) is 105 cm³/mol. The first-order valence-electron chi connectivity index (χ1n) is 8.48. The number of hydrogen-bond acceptors (Lipinski definition) is 6. The van der Waals surface area contributed by atoms with E-state index in [9.17, 15) is 13.8 Å². The molecule has 2 rings (SSSR count). The van der Waals surface area contributed by atoms with E-state index in [4.69, 9.17) is 14.2 Å². The lowest BCUT2D eigenvalue weighted by molar-refractivity contribution is -0.124. The molecule has 0 aromatic heterocycles. The second-order valence-corrected chi connectivity index (χ2v) is 7.27. The van der Waals surface area contributed by atoms with Gasteiger partial charge in [-0.15, -0.1) is 0 Å². The molecular weight excluding hydrogens is 382 g/mol. The van der Waals surface area contributed by atoms with Crippen LogP contribution in [0, 0.1) is 0 Å². The Kier molecular flexibility index (Phi) is 7.57. The number of nitrogens with one attached hydrogen (secondary N) is 1. The second-order valence-electron chi connectivity index (χ2n) is 5.92. The van der Waals surface area contributed by atoms with Crippen LogP contribution >= 0.6 is 0 Å². The second kappa shape index (κ2) is 9.89. The van der Waals surface area contributed by atoms with E-state index in [1.807, 2.05) is 0 Å². The topological polar surface area (TPSA) is 90.9 Å². The minimum atomic E-state index is -1.34. The van der Waals surface area contributed by atoms with Gasteiger partial charge in [0.2, 0.25) is 0 Å². The summed E-state index contributed by atoms with van der Waals surface area (Å²) in [5.74, 6) is 0.0610. The summed E-state index contributed by atoms with van der Waals surface area (Å²) in [5, 5.41) is 2.75. The van der Waals surface area contributed by atoms with Crippen LogP contribution in [0.1, 0.15) is 28.9 Å². The van der Waals surface area contributed by atoms with Crippen LogP contribution < -0.4 is 14.8 Å². The number of ether oxygens (including phenoxy) is 3. The predicted octanol–water partition coefficient (Wildman–Crippen LogP) is 2.48. The summed E-state index contributed by atoms with van der Waals surface area (Å²) in [5.41, 5.74) is 0.909. The molecule has 2 aromatic rings. The Morgan fingerprint density at radius 1 is 1.11 bits per heavy atom. The van der Waals surface area contributed by atoms with Crippen molar-refractivity contribution >= 4 is 22.7 Å². The number of methoxy groups -OCH3 is 2. The molecule has 0 heterocycles. The molecule has 28 heavy (non-hydrogen) atoms. The zero-order valence-corrected chi connectivity index (χ0v) is 17.0. The minimum Gasteiger partial charge on any atom is -0.497 e. The molecule has 2 atom stereocenters. The van der Waals surface area contributed by atoms with Gasteiger partial charge in [0.25, 0.3) is 5.91 Å². The Morgan fingerprint density at radius 2 is 1.82 bits per heavy atom. The van der Waals surface area contributed by atoms with Gasteiger partial charge in [0, 0.05) is 11.8 Å². The van der Waals surface area contributed by atoms with Gasteiger partial charge in [-0.25, -0.2) is 4.79 Å². The Labute approximate surface area is 166 Å². The number of benzene rings is 2. The van der Waals surface area contributed by atoms with Crippen molar-refractivity contribution in [3.05, 3.63) is 53.6 Å². The molecule has 0 unspecified atom stereocenters. The van der Waals surface area contributed by atoms with Gasteiger partial charge >= 0.3 is 5.97 Å². The molecule has 150 valence electrons. The quantitative estimate of drug-likeness (QED) is 0.679. The van der Waals surface area contributed by atoms with Crippen LogP contribution in [0.3, 0.4) is 0 Å². The molecule has 7 nitrogen and oxygen atoms in total. The van der Waals surface area contributed by atoms with Crippen LogP contribution in [-0.4, -0.2) is 43.2 Å². The summed E-state index contributed by atoms with van der Waals surface area (Å²) < 4.78 is 27.3. The molecule has 0 saturated carbocycles. The summed E-state index contributed by atoms with van der Waals surface area (Å²) >= 11 is 0. The van der Waals surface area contributed by atoms with Gasteiger partial charge < -0.3 is 19.5 Å². The van der Waals surface area contributed by atoms with Crippen LogP contribution in [0.4, 0.5) is 0 Å². The molecule has 0 fully saturated rings. The fourth-order valence-electron chi connectivity index (χ4n) is 2.63. The van der Waals surface area contributed by atoms with Crippen molar-refractivity contribution in [3.8, 4) is 11.5 Å². The zero-order valence-electron chi connectivity index (χ0n) is 16.2. The summed E-state index contributed by atoms with van der Waals surface area (Å²) in [4.78, 5) is 24.8. The van der Waals surface area contributed by atoms with Gasteiger partial charge in [-0.2, -0.15) is 0 Å². The largest absolute Gasteiger partial charge is 0.497 e. The third kappa shape index (κ3) is 5.32. The Bertz CT molecular complexity index is 883. The minimum absolute atomic E-state index is 0.179. The molecule has 0 bridgehead atoms. The van der Waals surface area contributed by atoms with Crippen LogP contribution in [-0.2, 0) is 20.3 Å².